The molecule has 21 heteroatoms. The predicted molar refractivity (Wildman–Crippen MR) is 273 cm³/mol. The zero-order chi connectivity index (χ0) is 51.9. The number of hydrogen-bond donors (Lipinski definition) is 2. The van der Waals surface area contributed by atoms with E-state index in [0.29, 0.717) is 68.2 Å². The van der Waals surface area contributed by atoms with Crippen molar-refractivity contribution in [3.05, 3.63) is 116 Å². The van der Waals surface area contributed by atoms with Gasteiger partial charge in [-0.15, -0.1) is 0 Å². The first-order valence-electron chi connectivity index (χ1n) is 25.8. The number of rotatable bonds is 19. The number of fused-ring (bicyclic) bond motifs is 1. The second-order valence-corrected chi connectivity index (χ2v) is 20.3. The number of aryl methyl sites for hydroxylation is 1. The van der Waals surface area contributed by atoms with Crippen molar-refractivity contribution in [3.8, 4) is 5.75 Å². The highest BCUT2D eigenvalue weighted by atomic mass is 35.5. The summed E-state index contributed by atoms with van der Waals surface area (Å²) in [6.45, 7) is 11.4. The van der Waals surface area contributed by atoms with Gasteiger partial charge in [0, 0.05) is 103 Å². The van der Waals surface area contributed by atoms with Gasteiger partial charge < -0.3 is 34.2 Å². The summed E-state index contributed by atoms with van der Waals surface area (Å²) in [4.78, 5) is 100. The van der Waals surface area contributed by atoms with Crippen LogP contribution < -0.4 is 15.4 Å². The maximum absolute atomic E-state index is 13.4. The van der Waals surface area contributed by atoms with E-state index in [9.17, 15) is 38.9 Å². The average molecular weight is 1040 g/mol. The Morgan fingerprint density at radius 2 is 1.50 bits per heavy atom. The van der Waals surface area contributed by atoms with Crippen molar-refractivity contribution >= 4 is 58.4 Å². The number of amides is 6. The smallest absolute Gasteiger partial charge is 0.344 e. The zero-order valence-corrected chi connectivity index (χ0v) is 42.4. The Kier molecular flexibility index (Phi) is 16.7. The van der Waals surface area contributed by atoms with Gasteiger partial charge in [0.2, 0.25) is 23.3 Å². The number of nitrogens with zero attached hydrogens (tertiary/aromatic N) is 8. The van der Waals surface area contributed by atoms with Crippen LogP contribution in [0.5, 0.6) is 5.75 Å². The van der Waals surface area contributed by atoms with Gasteiger partial charge in [0.05, 0.1) is 22.1 Å². The number of carbonyl (C=O) groups is 6. The summed E-state index contributed by atoms with van der Waals surface area (Å²) < 4.78 is 11.0. The van der Waals surface area contributed by atoms with Crippen LogP contribution in [0.2, 0.25) is 5.02 Å². The van der Waals surface area contributed by atoms with E-state index in [1.165, 1.54) is 6.92 Å². The number of halogens is 1. The number of anilines is 1. The summed E-state index contributed by atoms with van der Waals surface area (Å²) in [5, 5.41) is 21.5. The number of unbranched alkanes of at least 4 members (excludes halogenated alkanes) is 3. The molecule has 0 saturated carbocycles. The second kappa shape index (κ2) is 23.6. The van der Waals surface area contributed by atoms with Crippen LogP contribution in [0.1, 0.15) is 106 Å². The third-order valence-corrected chi connectivity index (χ3v) is 15.3. The molecule has 4 fully saturated rings. The van der Waals surface area contributed by atoms with Gasteiger partial charge in [-0.3, -0.25) is 54.0 Å². The summed E-state index contributed by atoms with van der Waals surface area (Å²) >= 11 is 6.26. The summed E-state index contributed by atoms with van der Waals surface area (Å²) in [6, 6.07) is 19.3. The molecule has 1 aromatic heterocycles. The van der Waals surface area contributed by atoms with Crippen LogP contribution >= 0.6 is 11.6 Å². The van der Waals surface area contributed by atoms with Crippen LogP contribution in [-0.4, -0.2) is 173 Å². The number of piperidine rings is 2. The molecule has 2 N–H and O–H groups in total. The van der Waals surface area contributed by atoms with E-state index < -0.39 is 46.2 Å². The Bertz CT molecular complexity index is 2710. The second-order valence-electron chi connectivity index (χ2n) is 19.8. The minimum Gasteiger partial charge on any atom is -0.484 e. The van der Waals surface area contributed by atoms with Gasteiger partial charge in [0.15, 0.2) is 6.61 Å². The molecule has 4 saturated heterocycles. The number of carbonyl (C=O) groups excluding carboxylic acids is 6. The minimum atomic E-state index is -0.988. The summed E-state index contributed by atoms with van der Waals surface area (Å²) in [5.41, 5.74) is 2.46. The van der Waals surface area contributed by atoms with E-state index in [-0.39, 0.29) is 54.0 Å². The Labute approximate surface area is 434 Å². The van der Waals surface area contributed by atoms with Crippen molar-refractivity contribution in [2.75, 3.05) is 97.0 Å². The first-order valence-corrected chi connectivity index (χ1v) is 26.1. The molecular weight excluding hydrogens is 972 g/mol. The lowest BCUT2D eigenvalue weighted by atomic mass is 9.96. The summed E-state index contributed by atoms with van der Waals surface area (Å²) in [6.07, 6.45) is 6.28. The highest BCUT2D eigenvalue weighted by molar-refractivity contribution is 6.30. The lowest BCUT2D eigenvalue weighted by Gasteiger charge is -2.39. The molecule has 0 aliphatic carbocycles. The number of likely N-dealkylation sites (tertiary alicyclic amines) is 1. The van der Waals surface area contributed by atoms with Gasteiger partial charge in [-0.05, 0) is 92.1 Å². The number of hydrogen-bond acceptors (Lipinski definition) is 15. The molecule has 6 heterocycles. The van der Waals surface area contributed by atoms with Crippen LogP contribution in [0, 0.1) is 23.0 Å². The van der Waals surface area contributed by atoms with Crippen LogP contribution in [0.15, 0.2) is 71.3 Å². The molecular formula is C53H63ClN10O10. The van der Waals surface area contributed by atoms with Crippen molar-refractivity contribution in [2.45, 2.75) is 70.4 Å². The third kappa shape index (κ3) is 11.9. The molecule has 4 aromatic rings. The summed E-state index contributed by atoms with van der Waals surface area (Å²) in [7, 11) is 0. The fourth-order valence-electron chi connectivity index (χ4n) is 10.9. The molecule has 9 rings (SSSR count). The van der Waals surface area contributed by atoms with Crippen molar-refractivity contribution in [2.24, 2.45) is 5.92 Å². The van der Waals surface area contributed by atoms with Crippen LogP contribution in [0.25, 0.3) is 0 Å². The van der Waals surface area contributed by atoms with Crippen molar-refractivity contribution in [1.82, 2.24) is 39.9 Å². The average Bonchev–Trinajstić information content (AvgIpc) is 3.92. The number of benzene rings is 3. The van der Waals surface area contributed by atoms with Gasteiger partial charge in [-0.2, -0.15) is 0 Å². The first kappa shape index (κ1) is 52.1. The van der Waals surface area contributed by atoms with Crippen molar-refractivity contribution in [1.29, 1.82) is 0 Å². The quantitative estimate of drug-likeness (QED) is 0.0519. The van der Waals surface area contributed by atoms with E-state index in [4.69, 9.17) is 20.9 Å². The molecule has 5 aliphatic rings. The molecule has 20 nitrogen and oxygen atoms in total. The maximum Gasteiger partial charge on any atom is 0.344 e. The molecule has 6 amide bonds. The SMILES string of the molecule is Cc1onc(C(=O)N2CCN(C(c3ccc(Cl)cc3)c3ccc(OCC(=O)N4CCC(CN5CCN(CCCCCCNc6cccc7c6C(=O)N(C6CCC(=O)NC6=O)C7=O)CC5)CC4)cc3)CC2)c1[N+](=O)[O-]. The summed E-state index contributed by atoms with van der Waals surface area (Å²) in [5.74, 6) is -1.46. The molecule has 3 aromatic carbocycles. The standard InChI is InChI=1S/C53H63ClN10O10/c1-35-48(64(71)72)47(57-74-35)53(70)62-31-29-61(30-32-62)49(37-9-13-39(54)14-10-37)38-11-15-40(16-12-38)73-34-45(66)60-23-19-36(20-24-60)33-59-27-25-58(26-28-59)22-5-3-2-4-21-55-42-8-6-7-41-46(42)52(69)63(51(41)68)43-17-18-44(65)56-50(43)67/h6-16,36,43,49,55H,2-5,17-34H2,1H3,(H,56,65,67). The minimum absolute atomic E-state index is 0.0118. The molecule has 2 unspecified atom stereocenters. The van der Waals surface area contributed by atoms with E-state index in [0.717, 1.165) is 93.8 Å². The molecule has 2 atom stereocenters. The van der Waals surface area contributed by atoms with Gasteiger partial charge in [-0.1, -0.05) is 59.9 Å². The molecule has 0 spiro atoms. The van der Waals surface area contributed by atoms with E-state index in [1.807, 2.05) is 53.4 Å². The number of nitro groups is 1. The zero-order valence-electron chi connectivity index (χ0n) is 41.7. The van der Waals surface area contributed by atoms with Crippen molar-refractivity contribution in [3.63, 3.8) is 0 Å². The number of imide groups is 2. The lowest BCUT2D eigenvalue weighted by molar-refractivity contribution is -0.386. The van der Waals surface area contributed by atoms with E-state index in [2.05, 4.69) is 30.5 Å². The highest BCUT2D eigenvalue weighted by Crippen LogP contribution is 2.35. The van der Waals surface area contributed by atoms with E-state index >= 15 is 0 Å². The van der Waals surface area contributed by atoms with E-state index in [1.54, 1.807) is 23.1 Å². The normalized spacial score (nSPS) is 19.6. The molecule has 0 bridgehead atoms. The van der Waals surface area contributed by atoms with Gasteiger partial charge in [0.25, 0.3) is 23.6 Å². The molecule has 5 aliphatic heterocycles. The number of aromatic nitrogens is 1. The molecule has 74 heavy (non-hydrogen) atoms. The fraction of sp³-hybridized carbons (Fsp3) is 0.491. The van der Waals surface area contributed by atoms with Gasteiger partial charge in [-0.25, -0.2) is 0 Å². The van der Waals surface area contributed by atoms with Crippen LogP contribution in [0.3, 0.4) is 0 Å². The number of nitrogens with one attached hydrogen (secondary N) is 2. The predicted octanol–water partition coefficient (Wildman–Crippen LogP) is 5.40. The highest BCUT2D eigenvalue weighted by Gasteiger charge is 2.46. The Balaban J connectivity index is 0.650. The first-order chi connectivity index (χ1) is 35.8. The molecule has 0 radical (unpaired) electrons. The Morgan fingerprint density at radius 3 is 2.19 bits per heavy atom. The van der Waals surface area contributed by atoms with Crippen LogP contribution in [0.4, 0.5) is 11.4 Å². The number of piperazine rings is 2. The topological polar surface area (TPSA) is 224 Å². The third-order valence-electron chi connectivity index (χ3n) is 15.1. The molecule has 392 valence electrons. The van der Waals surface area contributed by atoms with Crippen LogP contribution in [-0.2, 0) is 14.4 Å². The number of ether oxygens (including phenoxy) is 1. The largest absolute Gasteiger partial charge is 0.484 e. The Hall–Kier alpha value is -6.74. The fourth-order valence-corrected chi connectivity index (χ4v) is 11.0. The monoisotopic (exact) mass is 1030 g/mol. The van der Waals surface area contributed by atoms with Crippen molar-refractivity contribution < 1.29 is 43.0 Å². The van der Waals surface area contributed by atoms with Gasteiger partial charge >= 0.3 is 5.69 Å². The Morgan fingerprint density at radius 1 is 0.824 bits per heavy atom. The lowest BCUT2D eigenvalue weighted by Crippen LogP contribution is -2.54. The maximum atomic E-state index is 13.4. The van der Waals surface area contributed by atoms with Gasteiger partial charge in [0.1, 0.15) is 11.8 Å².